The fourth-order valence-electron chi connectivity index (χ4n) is 3.43. The van der Waals surface area contributed by atoms with Crippen molar-refractivity contribution < 1.29 is 13.2 Å². The third-order valence-corrected chi connectivity index (χ3v) is 6.83. The minimum Gasteiger partial charge on any atom is -0.481 e. The van der Waals surface area contributed by atoms with Crippen LogP contribution in [0.2, 0.25) is 0 Å². The number of benzene rings is 2. The number of fused-ring (bicyclic) bond motifs is 1. The maximum Gasteiger partial charge on any atom is 0.243 e. The Kier molecular flexibility index (Phi) is 4.91. The van der Waals surface area contributed by atoms with Crippen molar-refractivity contribution in [3.63, 3.8) is 0 Å². The minimum absolute atomic E-state index is 0.333. The van der Waals surface area contributed by atoms with Gasteiger partial charge in [0.05, 0.1) is 12.0 Å². The molecule has 1 aliphatic heterocycles. The molecule has 0 saturated carbocycles. The average molecular weight is 398 g/mol. The highest BCUT2D eigenvalue weighted by atomic mass is 32.2. The lowest BCUT2D eigenvalue weighted by molar-refractivity contribution is 0.380. The first-order chi connectivity index (χ1) is 13.5. The van der Waals surface area contributed by atoms with Gasteiger partial charge in [0.1, 0.15) is 11.6 Å². The summed E-state index contributed by atoms with van der Waals surface area (Å²) in [6.07, 6.45) is 0. The highest BCUT2D eigenvalue weighted by Gasteiger charge is 2.29. The lowest BCUT2D eigenvalue weighted by Crippen LogP contribution is -2.49. The minimum atomic E-state index is -3.53. The largest absolute Gasteiger partial charge is 0.481 e. The molecule has 2 heterocycles. The van der Waals surface area contributed by atoms with Crippen LogP contribution in [-0.2, 0) is 10.0 Å². The van der Waals surface area contributed by atoms with E-state index in [-0.39, 0.29) is 0 Å². The van der Waals surface area contributed by atoms with Crippen LogP contribution in [0.3, 0.4) is 0 Å². The van der Waals surface area contributed by atoms with E-state index in [9.17, 15) is 8.42 Å². The molecule has 8 heteroatoms. The third kappa shape index (κ3) is 3.53. The molecule has 0 N–H and O–H groups in total. The van der Waals surface area contributed by atoms with E-state index in [0.717, 1.165) is 16.6 Å². The summed E-state index contributed by atoms with van der Waals surface area (Å²) in [5.74, 6) is 1.89. The molecule has 0 atom stereocenters. The van der Waals surface area contributed by atoms with Crippen molar-refractivity contribution in [1.82, 2.24) is 14.3 Å². The Bertz CT molecular complexity index is 1110. The lowest BCUT2D eigenvalue weighted by atomic mass is 10.1. The van der Waals surface area contributed by atoms with Crippen molar-refractivity contribution in [3.05, 3.63) is 54.4 Å². The van der Waals surface area contributed by atoms with Gasteiger partial charge in [0.25, 0.3) is 0 Å². The van der Waals surface area contributed by atoms with E-state index < -0.39 is 10.0 Å². The lowest BCUT2D eigenvalue weighted by Gasteiger charge is -2.34. The summed E-state index contributed by atoms with van der Waals surface area (Å²) in [6, 6.07) is 14.8. The number of hydrogen-bond acceptors (Lipinski definition) is 6. The van der Waals surface area contributed by atoms with Crippen LogP contribution < -0.4 is 9.64 Å². The maximum atomic E-state index is 13.1. The smallest absolute Gasteiger partial charge is 0.243 e. The first kappa shape index (κ1) is 18.6. The molecule has 0 radical (unpaired) electrons. The summed E-state index contributed by atoms with van der Waals surface area (Å²) in [6.45, 7) is 3.74. The van der Waals surface area contributed by atoms with Crippen LogP contribution in [0, 0.1) is 6.92 Å². The van der Waals surface area contributed by atoms with E-state index in [2.05, 4.69) is 14.9 Å². The molecule has 2 aromatic carbocycles. The first-order valence-electron chi connectivity index (χ1n) is 9.11. The highest BCUT2D eigenvalue weighted by Crippen LogP contribution is 2.24. The van der Waals surface area contributed by atoms with Crippen LogP contribution in [0.15, 0.2) is 53.4 Å². The van der Waals surface area contributed by atoms with Gasteiger partial charge in [-0.2, -0.15) is 9.29 Å². The summed E-state index contributed by atoms with van der Waals surface area (Å²) in [5, 5.41) is 1.95. The van der Waals surface area contributed by atoms with Crippen molar-refractivity contribution in [2.75, 3.05) is 38.2 Å². The van der Waals surface area contributed by atoms with Crippen LogP contribution in [0.5, 0.6) is 5.88 Å². The van der Waals surface area contributed by atoms with Gasteiger partial charge in [-0.15, -0.1) is 0 Å². The summed E-state index contributed by atoms with van der Waals surface area (Å²) in [4.78, 5) is 11.0. The zero-order valence-electron chi connectivity index (χ0n) is 15.9. The Morgan fingerprint density at radius 2 is 1.64 bits per heavy atom. The molecule has 3 aromatic rings. The molecule has 7 nitrogen and oxygen atoms in total. The second-order valence-electron chi connectivity index (χ2n) is 6.72. The highest BCUT2D eigenvalue weighted by molar-refractivity contribution is 7.89. The SMILES string of the molecule is COc1cc(N2CCN(S(=O)(=O)c3ccc4ccccc4c3)CC2)nc(C)n1. The summed E-state index contributed by atoms with van der Waals surface area (Å²) in [7, 11) is -1.96. The van der Waals surface area contributed by atoms with Gasteiger partial charge in [-0.1, -0.05) is 30.3 Å². The van der Waals surface area contributed by atoms with Gasteiger partial charge in [-0.3, -0.25) is 0 Å². The Hall–Kier alpha value is -2.71. The number of methoxy groups -OCH3 is 1. The topological polar surface area (TPSA) is 75.6 Å². The predicted octanol–water partition coefficient (Wildman–Crippen LogP) is 2.46. The van der Waals surface area contributed by atoms with Gasteiger partial charge in [0.15, 0.2) is 0 Å². The zero-order chi connectivity index (χ0) is 19.7. The Balaban J connectivity index is 1.53. The fraction of sp³-hybridized carbons (Fsp3) is 0.300. The second kappa shape index (κ2) is 7.37. The van der Waals surface area contributed by atoms with Crippen molar-refractivity contribution in [2.45, 2.75) is 11.8 Å². The third-order valence-electron chi connectivity index (χ3n) is 4.93. The molecule has 0 unspecified atom stereocenters. The molecule has 1 aromatic heterocycles. The van der Waals surface area contributed by atoms with Crippen molar-refractivity contribution in [2.24, 2.45) is 0 Å². The van der Waals surface area contributed by atoms with Gasteiger partial charge in [-0.05, 0) is 29.8 Å². The molecule has 146 valence electrons. The zero-order valence-corrected chi connectivity index (χ0v) is 16.7. The van der Waals surface area contributed by atoms with Gasteiger partial charge < -0.3 is 9.64 Å². The van der Waals surface area contributed by atoms with Crippen molar-refractivity contribution in [3.8, 4) is 5.88 Å². The van der Waals surface area contributed by atoms with E-state index in [1.165, 1.54) is 0 Å². The predicted molar refractivity (Wildman–Crippen MR) is 108 cm³/mol. The van der Waals surface area contributed by atoms with Gasteiger partial charge in [-0.25, -0.2) is 13.4 Å². The van der Waals surface area contributed by atoms with Gasteiger partial charge >= 0.3 is 0 Å². The standard InChI is InChI=1S/C20H22N4O3S/c1-15-21-19(14-20(22-15)27-2)23-9-11-24(12-10-23)28(25,26)18-8-7-16-5-3-4-6-17(16)13-18/h3-8,13-14H,9-12H2,1-2H3. The number of hydrogen-bond donors (Lipinski definition) is 0. The van der Waals surface area contributed by atoms with Crippen molar-refractivity contribution >= 4 is 26.6 Å². The van der Waals surface area contributed by atoms with Crippen LogP contribution in [0.4, 0.5) is 5.82 Å². The van der Waals surface area contributed by atoms with E-state index in [1.54, 1.807) is 29.6 Å². The number of aryl methyl sites for hydroxylation is 1. The number of nitrogens with zero attached hydrogens (tertiary/aromatic N) is 4. The molecular weight excluding hydrogens is 376 g/mol. The fourth-order valence-corrected chi connectivity index (χ4v) is 4.88. The maximum absolute atomic E-state index is 13.1. The van der Waals surface area contributed by atoms with E-state index in [0.29, 0.717) is 42.8 Å². The van der Waals surface area contributed by atoms with E-state index >= 15 is 0 Å². The summed E-state index contributed by atoms with van der Waals surface area (Å²) in [5.41, 5.74) is 0. The van der Waals surface area contributed by atoms with E-state index in [4.69, 9.17) is 4.74 Å². The number of anilines is 1. The number of sulfonamides is 1. The van der Waals surface area contributed by atoms with Crippen LogP contribution in [-0.4, -0.2) is 56.0 Å². The molecule has 0 spiro atoms. The van der Waals surface area contributed by atoms with Crippen LogP contribution in [0.25, 0.3) is 10.8 Å². The molecule has 0 aliphatic carbocycles. The Morgan fingerprint density at radius 1 is 0.929 bits per heavy atom. The van der Waals surface area contributed by atoms with E-state index in [1.807, 2.05) is 37.3 Å². The molecule has 4 rings (SSSR count). The first-order valence-corrected chi connectivity index (χ1v) is 10.5. The van der Waals surface area contributed by atoms with Crippen LogP contribution in [0.1, 0.15) is 5.82 Å². The van der Waals surface area contributed by atoms with Gasteiger partial charge in [0.2, 0.25) is 15.9 Å². The Morgan fingerprint density at radius 3 is 2.36 bits per heavy atom. The molecule has 1 saturated heterocycles. The number of aromatic nitrogens is 2. The Labute approximate surface area is 164 Å². The second-order valence-corrected chi connectivity index (χ2v) is 8.65. The number of piperazine rings is 1. The number of ether oxygens (including phenoxy) is 1. The monoisotopic (exact) mass is 398 g/mol. The summed E-state index contributed by atoms with van der Waals surface area (Å²) < 4.78 is 32.9. The molecule has 1 fully saturated rings. The normalized spacial score (nSPS) is 15.7. The average Bonchev–Trinajstić information content (AvgIpc) is 2.73. The van der Waals surface area contributed by atoms with Crippen molar-refractivity contribution in [1.29, 1.82) is 0 Å². The molecule has 0 amide bonds. The van der Waals surface area contributed by atoms with Crippen LogP contribution >= 0.6 is 0 Å². The quantitative estimate of drug-likeness (QED) is 0.672. The summed E-state index contributed by atoms with van der Waals surface area (Å²) >= 11 is 0. The van der Waals surface area contributed by atoms with Gasteiger partial charge in [0, 0.05) is 32.2 Å². The molecule has 28 heavy (non-hydrogen) atoms. The molecule has 1 aliphatic rings. The molecular formula is C20H22N4O3S. The molecule has 0 bridgehead atoms. The number of rotatable bonds is 4.